The Balaban J connectivity index is 0.00000243. The van der Waals surface area contributed by atoms with E-state index in [0.29, 0.717) is 6.54 Å². The number of aromatic nitrogens is 2. The van der Waals surface area contributed by atoms with E-state index in [-0.39, 0.29) is 18.3 Å². The van der Waals surface area contributed by atoms with Gasteiger partial charge in [0.25, 0.3) is 0 Å². The van der Waals surface area contributed by atoms with Crippen LogP contribution < -0.4 is 5.32 Å². The largest absolute Gasteiger partial charge is 0.339 e. The highest BCUT2D eigenvalue weighted by molar-refractivity contribution is 5.85. The summed E-state index contributed by atoms with van der Waals surface area (Å²) < 4.78 is 1.82. The Bertz CT molecular complexity index is 739. The van der Waals surface area contributed by atoms with Crippen LogP contribution in [-0.4, -0.2) is 65.3 Å². The molecule has 2 heterocycles. The lowest BCUT2D eigenvalue weighted by Crippen LogP contribution is -2.49. The standard InChI is InChI=1S/C19H27N5O.ClH/c1-15-4-5-16(18(10-15)17-11-21-23(3)13-17)12-22(2)14-19(25)24-8-6-20-7-9-24;/h4-5,10-11,13,20H,6-9,12,14H2,1-3H3;1H. The van der Waals surface area contributed by atoms with E-state index >= 15 is 0 Å². The molecule has 0 bridgehead atoms. The third-order valence-electron chi connectivity index (χ3n) is 4.60. The highest BCUT2D eigenvalue weighted by atomic mass is 35.5. The van der Waals surface area contributed by atoms with Gasteiger partial charge in [-0.1, -0.05) is 23.8 Å². The van der Waals surface area contributed by atoms with E-state index in [1.807, 2.05) is 36.1 Å². The minimum absolute atomic E-state index is 0. The summed E-state index contributed by atoms with van der Waals surface area (Å²) in [5.41, 5.74) is 4.74. The molecule has 26 heavy (non-hydrogen) atoms. The molecule has 1 fully saturated rings. The smallest absolute Gasteiger partial charge is 0.236 e. The number of halogens is 1. The number of aryl methyl sites for hydroxylation is 2. The molecule has 0 radical (unpaired) electrons. The number of nitrogens with one attached hydrogen (secondary N) is 1. The minimum Gasteiger partial charge on any atom is -0.339 e. The van der Waals surface area contributed by atoms with Gasteiger partial charge in [0.1, 0.15) is 0 Å². The maximum Gasteiger partial charge on any atom is 0.236 e. The van der Waals surface area contributed by atoms with Crippen molar-refractivity contribution in [2.75, 3.05) is 39.8 Å². The van der Waals surface area contributed by atoms with Crippen LogP contribution in [0.25, 0.3) is 11.1 Å². The molecule has 142 valence electrons. The number of hydrogen-bond donors (Lipinski definition) is 1. The van der Waals surface area contributed by atoms with Crippen LogP contribution in [0.2, 0.25) is 0 Å². The third kappa shape index (κ3) is 5.06. The number of likely N-dealkylation sites (N-methyl/N-ethyl adjacent to an activating group) is 1. The van der Waals surface area contributed by atoms with Gasteiger partial charge in [-0.2, -0.15) is 5.10 Å². The van der Waals surface area contributed by atoms with E-state index in [1.54, 1.807) is 0 Å². The van der Waals surface area contributed by atoms with Crippen molar-refractivity contribution in [1.82, 2.24) is 24.9 Å². The average Bonchev–Trinajstić information content (AvgIpc) is 3.03. The number of rotatable bonds is 5. The Labute approximate surface area is 161 Å². The average molecular weight is 378 g/mol. The Morgan fingerprint density at radius 2 is 2.04 bits per heavy atom. The number of piperazine rings is 1. The van der Waals surface area contributed by atoms with Crippen LogP contribution in [0.3, 0.4) is 0 Å². The fourth-order valence-corrected chi connectivity index (χ4v) is 3.25. The maximum atomic E-state index is 12.5. The molecule has 2 aromatic rings. The van der Waals surface area contributed by atoms with Crippen molar-refractivity contribution < 1.29 is 4.79 Å². The molecular formula is C19H28ClN5O. The zero-order chi connectivity index (χ0) is 17.8. The van der Waals surface area contributed by atoms with E-state index < -0.39 is 0 Å². The Morgan fingerprint density at radius 1 is 1.31 bits per heavy atom. The van der Waals surface area contributed by atoms with E-state index in [2.05, 4.69) is 40.4 Å². The molecule has 3 rings (SSSR count). The van der Waals surface area contributed by atoms with Crippen molar-refractivity contribution in [3.63, 3.8) is 0 Å². The van der Waals surface area contributed by atoms with Crippen LogP contribution in [0.15, 0.2) is 30.6 Å². The Morgan fingerprint density at radius 3 is 2.69 bits per heavy atom. The number of benzene rings is 1. The van der Waals surface area contributed by atoms with Crippen molar-refractivity contribution >= 4 is 18.3 Å². The van der Waals surface area contributed by atoms with Gasteiger partial charge in [-0.15, -0.1) is 12.4 Å². The highest BCUT2D eigenvalue weighted by Gasteiger charge is 2.18. The van der Waals surface area contributed by atoms with Gasteiger partial charge in [0, 0.05) is 51.5 Å². The predicted octanol–water partition coefficient (Wildman–Crippen LogP) is 1.68. The first kappa shape index (κ1) is 20.4. The molecule has 0 unspecified atom stereocenters. The maximum absolute atomic E-state index is 12.5. The van der Waals surface area contributed by atoms with Crippen LogP contribution in [0.4, 0.5) is 0 Å². The molecule has 0 atom stereocenters. The van der Waals surface area contributed by atoms with E-state index in [9.17, 15) is 4.79 Å². The Hall–Kier alpha value is -1.89. The molecule has 1 aliphatic heterocycles. The summed E-state index contributed by atoms with van der Waals surface area (Å²) in [5.74, 6) is 0.207. The number of nitrogens with zero attached hydrogens (tertiary/aromatic N) is 4. The van der Waals surface area contributed by atoms with Gasteiger partial charge in [0.15, 0.2) is 0 Å². The molecule has 1 saturated heterocycles. The lowest BCUT2D eigenvalue weighted by atomic mass is 9.99. The second kappa shape index (κ2) is 9.16. The zero-order valence-corrected chi connectivity index (χ0v) is 16.6. The lowest BCUT2D eigenvalue weighted by molar-refractivity contribution is -0.132. The predicted molar refractivity (Wildman–Crippen MR) is 106 cm³/mol. The molecule has 1 aromatic heterocycles. The van der Waals surface area contributed by atoms with Gasteiger partial charge in [-0.05, 0) is 25.1 Å². The fourth-order valence-electron chi connectivity index (χ4n) is 3.25. The second-order valence-electron chi connectivity index (χ2n) is 6.87. The van der Waals surface area contributed by atoms with E-state index in [4.69, 9.17) is 0 Å². The first-order valence-electron chi connectivity index (χ1n) is 8.78. The van der Waals surface area contributed by atoms with Crippen molar-refractivity contribution in [1.29, 1.82) is 0 Å². The summed E-state index contributed by atoms with van der Waals surface area (Å²) in [5, 5.41) is 7.57. The summed E-state index contributed by atoms with van der Waals surface area (Å²) in [4.78, 5) is 16.5. The molecule has 7 heteroatoms. The molecule has 6 nitrogen and oxygen atoms in total. The third-order valence-corrected chi connectivity index (χ3v) is 4.60. The van der Waals surface area contributed by atoms with E-state index in [0.717, 1.165) is 38.3 Å². The van der Waals surface area contributed by atoms with Crippen molar-refractivity contribution in [3.05, 3.63) is 41.7 Å². The highest BCUT2D eigenvalue weighted by Crippen LogP contribution is 2.25. The van der Waals surface area contributed by atoms with Crippen LogP contribution in [-0.2, 0) is 18.4 Å². The summed E-state index contributed by atoms with van der Waals surface area (Å²) in [6.45, 7) is 6.66. The minimum atomic E-state index is 0. The monoisotopic (exact) mass is 377 g/mol. The molecule has 0 spiro atoms. The zero-order valence-electron chi connectivity index (χ0n) is 15.7. The summed E-state index contributed by atoms with van der Waals surface area (Å²) in [7, 11) is 3.93. The van der Waals surface area contributed by atoms with Crippen LogP contribution in [0.1, 0.15) is 11.1 Å². The van der Waals surface area contributed by atoms with Gasteiger partial charge in [-0.25, -0.2) is 0 Å². The molecule has 1 amide bonds. The normalized spacial score (nSPS) is 14.4. The van der Waals surface area contributed by atoms with Crippen molar-refractivity contribution in [3.8, 4) is 11.1 Å². The van der Waals surface area contributed by atoms with Gasteiger partial charge in [0.05, 0.1) is 12.7 Å². The topological polar surface area (TPSA) is 53.4 Å². The van der Waals surface area contributed by atoms with Gasteiger partial charge < -0.3 is 10.2 Å². The van der Waals surface area contributed by atoms with Crippen LogP contribution >= 0.6 is 12.4 Å². The van der Waals surface area contributed by atoms with Crippen molar-refractivity contribution in [2.24, 2.45) is 7.05 Å². The van der Waals surface area contributed by atoms with Gasteiger partial charge in [0.2, 0.25) is 5.91 Å². The number of amides is 1. The number of hydrogen-bond acceptors (Lipinski definition) is 4. The van der Waals surface area contributed by atoms with Crippen LogP contribution in [0, 0.1) is 6.92 Å². The first-order chi connectivity index (χ1) is 12.0. The quantitative estimate of drug-likeness (QED) is 0.861. The molecule has 0 saturated carbocycles. The summed E-state index contributed by atoms with van der Waals surface area (Å²) in [6, 6.07) is 6.48. The number of carbonyl (C=O) groups excluding carboxylic acids is 1. The summed E-state index contributed by atoms with van der Waals surface area (Å²) >= 11 is 0. The second-order valence-corrected chi connectivity index (χ2v) is 6.87. The molecule has 1 aromatic carbocycles. The number of carbonyl (C=O) groups is 1. The van der Waals surface area contributed by atoms with Gasteiger partial charge in [-0.3, -0.25) is 14.4 Å². The van der Waals surface area contributed by atoms with Crippen LogP contribution in [0.5, 0.6) is 0 Å². The summed E-state index contributed by atoms with van der Waals surface area (Å²) in [6.07, 6.45) is 3.92. The fraction of sp³-hybridized carbons (Fsp3) is 0.474. The molecule has 1 N–H and O–H groups in total. The van der Waals surface area contributed by atoms with E-state index in [1.165, 1.54) is 16.7 Å². The first-order valence-corrected chi connectivity index (χ1v) is 8.78. The Kier molecular flexibility index (Phi) is 7.20. The SMILES string of the molecule is Cc1ccc(CN(C)CC(=O)N2CCNCC2)c(-c2cnn(C)c2)c1.Cl. The molecule has 1 aliphatic rings. The van der Waals surface area contributed by atoms with Gasteiger partial charge >= 0.3 is 0 Å². The van der Waals surface area contributed by atoms with Crippen molar-refractivity contribution in [2.45, 2.75) is 13.5 Å². The molecular weight excluding hydrogens is 350 g/mol. The lowest BCUT2D eigenvalue weighted by Gasteiger charge is -2.29. The molecule has 0 aliphatic carbocycles.